The summed E-state index contributed by atoms with van der Waals surface area (Å²) < 4.78 is 33.2. The van der Waals surface area contributed by atoms with Gasteiger partial charge < -0.3 is 4.74 Å². The van der Waals surface area contributed by atoms with Crippen molar-refractivity contribution in [2.45, 2.75) is 19.6 Å². The molecule has 0 saturated carbocycles. The molecule has 0 amide bonds. The third-order valence-electron chi connectivity index (χ3n) is 3.73. The first kappa shape index (κ1) is 19.1. The molecule has 0 aliphatic heterocycles. The van der Waals surface area contributed by atoms with Crippen molar-refractivity contribution in [1.82, 2.24) is 9.97 Å². The van der Waals surface area contributed by atoms with Crippen molar-refractivity contribution < 1.29 is 13.2 Å². The molecule has 0 radical (unpaired) electrons. The van der Waals surface area contributed by atoms with Crippen molar-refractivity contribution in [1.29, 1.82) is 0 Å². The minimum absolute atomic E-state index is 0.164. The van der Waals surface area contributed by atoms with Gasteiger partial charge in [-0.05, 0) is 43.7 Å². The van der Waals surface area contributed by atoms with E-state index in [-0.39, 0.29) is 11.8 Å². The van der Waals surface area contributed by atoms with Gasteiger partial charge >= 0.3 is 6.01 Å². The maximum Gasteiger partial charge on any atom is 0.322 e. The third-order valence-corrected chi connectivity index (χ3v) is 5.21. The SMILES string of the molecule is Cc1nc(Oc2ccccc2)nc(C)c1NS(=O)(=O)Cc1ccc(Cl)cc1. The Labute approximate surface area is 163 Å². The highest BCUT2D eigenvalue weighted by molar-refractivity contribution is 7.91. The number of hydrogen-bond acceptors (Lipinski definition) is 5. The number of halogens is 1. The summed E-state index contributed by atoms with van der Waals surface area (Å²) in [6.07, 6.45) is 0. The second-order valence-electron chi connectivity index (χ2n) is 5.95. The van der Waals surface area contributed by atoms with E-state index in [2.05, 4.69) is 14.7 Å². The summed E-state index contributed by atoms with van der Waals surface area (Å²) >= 11 is 5.83. The monoisotopic (exact) mass is 403 g/mol. The smallest absolute Gasteiger partial charge is 0.322 e. The number of para-hydroxylation sites is 1. The van der Waals surface area contributed by atoms with Crippen LogP contribution in [0.15, 0.2) is 54.6 Å². The lowest BCUT2D eigenvalue weighted by Gasteiger charge is -2.14. The highest BCUT2D eigenvalue weighted by Crippen LogP contribution is 2.24. The Morgan fingerprint density at radius 2 is 1.56 bits per heavy atom. The van der Waals surface area contributed by atoms with E-state index in [1.54, 1.807) is 50.2 Å². The van der Waals surface area contributed by atoms with E-state index < -0.39 is 10.0 Å². The molecular formula is C19H18ClN3O3S. The van der Waals surface area contributed by atoms with Crippen molar-refractivity contribution in [3.8, 4) is 11.8 Å². The molecular weight excluding hydrogens is 386 g/mol. The van der Waals surface area contributed by atoms with Gasteiger partial charge in [0, 0.05) is 5.02 Å². The van der Waals surface area contributed by atoms with Gasteiger partial charge in [-0.1, -0.05) is 41.9 Å². The molecule has 0 saturated heterocycles. The van der Waals surface area contributed by atoms with Crippen molar-refractivity contribution >= 4 is 27.3 Å². The Morgan fingerprint density at radius 1 is 0.963 bits per heavy atom. The zero-order valence-electron chi connectivity index (χ0n) is 14.8. The summed E-state index contributed by atoms with van der Waals surface area (Å²) in [6, 6.07) is 16.0. The molecule has 0 spiro atoms. The topological polar surface area (TPSA) is 81.2 Å². The van der Waals surface area contributed by atoms with Crippen LogP contribution in [0, 0.1) is 13.8 Å². The maximum absolute atomic E-state index is 12.5. The van der Waals surface area contributed by atoms with E-state index in [1.165, 1.54) is 0 Å². The van der Waals surface area contributed by atoms with Gasteiger partial charge in [-0.25, -0.2) is 8.42 Å². The summed E-state index contributed by atoms with van der Waals surface area (Å²) in [5.74, 6) is 0.429. The van der Waals surface area contributed by atoms with E-state index in [0.717, 1.165) is 0 Å². The summed E-state index contributed by atoms with van der Waals surface area (Å²) in [7, 11) is -3.63. The Bertz CT molecular complexity index is 1020. The molecule has 0 fully saturated rings. The molecule has 0 atom stereocenters. The van der Waals surface area contributed by atoms with Crippen LogP contribution in [-0.2, 0) is 15.8 Å². The van der Waals surface area contributed by atoms with Crippen LogP contribution in [0.2, 0.25) is 5.02 Å². The first-order valence-electron chi connectivity index (χ1n) is 8.15. The molecule has 1 N–H and O–H groups in total. The molecule has 2 aromatic carbocycles. The summed E-state index contributed by atoms with van der Waals surface area (Å²) in [5.41, 5.74) is 1.94. The molecule has 3 aromatic rings. The lowest BCUT2D eigenvalue weighted by Crippen LogP contribution is -2.17. The molecule has 1 aromatic heterocycles. The normalized spacial score (nSPS) is 11.2. The van der Waals surface area contributed by atoms with Gasteiger partial charge in [-0.3, -0.25) is 4.72 Å². The number of sulfonamides is 1. The Hall–Kier alpha value is -2.64. The number of nitrogens with one attached hydrogen (secondary N) is 1. The molecule has 6 nitrogen and oxygen atoms in total. The maximum atomic E-state index is 12.5. The first-order chi connectivity index (χ1) is 12.8. The summed E-state index contributed by atoms with van der Waals surface area (Å²) in [4.78, 5) is 8.51. The Morgan fingerprint density at radius 3 is 2.15 bits per heavy atom. The predicted octanol–water partition coefficient (Wildman–Crippen LogP) is 4.48. The highest BCUT2D eigenvalue weighted by atomic mass is 35.5. The molecule has 140 valence electrons. The van der Waals surface area contributed by atoms with Crippen LogP contribution in [0.1, 0.15) is 17.0 Å². The van der Waals surface area contributed by atoms with E-state index in [4.69, 9.17) is 16.3 Å². The van der Waals surface area contributed by atoms with E-state index in [1.807, 2.05) is 18.2 Å². The average Bonchev–Trinajstić information content (AvgIpc) is 2.61. The second kappa shape index (κ2) is 7.94. The molecule has 0 aliphatic carbocycles. The Balaban J connectivity index is 1.79. The largest absolute Gasteiger partial charge is 0.424 e. The number of hydrogen-bond donors (Lipinski definition) is 1. The number of aromatic nitrogens is 2. The van der Waals surface area contributed by atoms with Crippen molar-refractivity contribution in [3.63, 3.8) is 0 Å². The van der Waals surface area contributed by atoms with Gasteiger partial charge in [0.1, 0.15) is 5.75 Å². The van der Waals surface area contributed by atoms with E-state index in [0.29, 0.717) is 33.4 Å². The van der Waals surface area contributed by atoms with Gasteiger partial charge in [-0.15, -0.1) is 0 Å². The van der Waals surface area contributed by atoms with E-state index in [9.17, 15) is 8.42 Å². The first-order valence-corrected chi connectivity index (χ1v) is 10.2. The lowest BCUT2D eigenvalue weighted by atomic mass is 10.2. The van der Waals surface area contributed by atoms with Crippen LogP contribution in [0.5, 0.6) is 11.8 Å². The average molecular weight is 404 g/mol. The quantitative estimate of drug-likeness (QED) is 0.656. The number of benzene rings is 2. The minimum Gasteiger partial charge on any atom is -0.424 e. The van der Waals surface area contributed by atoms with Crippen LogP contribution >= 0.6 is 11.6 Å². The fraction of sp³-hybridized carbons (Fsp3) is 0.158. The predicted molar refractivity (Wildman–Crippen MR) is 106 cm³/mol. The molecule has 0 unspecified atom stereocenters. The second-order valence-corrected chi connectivity index (χ2v) is 8.11. The van der Waals surface area contributed by atoms with Gasteiger partial charge in [0.15, 0.2) is 0 Å². The van der Waals surface area contributed by atoms with Gasteiger partial charge in [0.05, 0.1) is 22.8 Å². The molecule has 8 heteroatoms. The number of anilines is 1. The van der Waals surface area contributed by atoms with Crippen LogP contribution in [0.4, 0.5) is 5.69 Å². The zero-order valence-corrected chi connectivity index (χ0v) is 16.4. The molecule has 1 heterocycles. The molecule has 27 heavy (non-hydrogen) atoms. The number of ether oxygens (including phenoxy) is 1. The van der Waals surface area contributed by atoms with Gasteiger partial charge in [0.2, 0.25) is 10.0 Å². The van der Waals surface area contributed by atoms with Crippen molar-refractivity contribution in [3.05, 3.63) is 76.6 Å². The number of aryl methyl sites for hydroxylation is 2. The van der Waals surface area contributed by atoms with Crippen molar-refractivity contribution in [2.24, 2.45) is 0 Å². The Kier molecular flexibility index (Phi) is 5.62. The number of rotatable bonds is 6. The fourth-order valence-electron chi connectivity index (χ4n) is 2.46. The fourth-order valence-corrected chi connectivity index (χ4v) is 3.90. The lowest BCUT2D eigenvalue weighted by molar-refractivity contribution is 0.439. The summed E-state index contributed by atoms with van der Waals surface area (Å²) in [5, 5.41) is 0.554. The zero-order chi connectivity index (χ0) is 19.4. The summed E-state index contributed by atoms with van der Waals surface area (Å²) in [6.45, 7) is 3.40. The number of nitrogens with zero attached hydrogens (tertiary/aromatic N) is 2. The highest BCUT2D eigenvalue weighted by Gasteiger charge is 2.17. The van der Waals surface area contributed by atoms with Crippen LogP contribution < -0.4 is 9.46 Å². The van der Waals surface area contributed by atoms with Crippen molar-refractivity contribution in [2.75, 3.05) is 4.72 Å². The van der Waals surface area contributed by atoms with Crippen LogP contribution in [-0.4, -0.2) is 18.4 Å². The van der Waals surface area contributed by atoms with Gasteiger partial charge in [-0.2, -0.15) is 9.97 Å². The van der Waals surface area contributed by atoms with Gasteiger partial charge in [0.25, 0.3) is 0 Å². The molecule has 0 aliphatic rings. The van der Waals surface area contributed by atoms with Crippen LogP contribution in [0.3, 0.4) is 0 Å². The molecule has 3 rings (SSSR count). The van der Waals surface area contributed by atoms with Crippen LogP contribution in [0.25, 0.3) is 0 Å². The third kappa shape index (κ3) is 5.18. The standard InChI is InChI=1S/C19H18ClN3O3S/c1-13-18(23-27(24,25)12-15-8-10-16(20)11-9-15)14(2)22-19(21-13)26-17-6-4-3-5-7-17/h3-11,23H,12H2,1-2H3. The molecule has 0 bridgehead atoms. The van der Waals surface area contributed by atoms with E-state index >= 15 is 0 Å². The minimum atomic E-state index is -3.63.